The molecule has 16 nitrogen and oxygen atoms in total. The van der Waals surface area contributed by atoms with Crippen LogP contribution in [-0.2, 0) is 42.8 Å². The number of esters is 2. The summed E-state index contributed by atoms with van der Waals surface area (Å²) in [6.45, 7) is 37.2. The predicted octanol–water partition coefficient (Wildman–Crippen LogP) is 8.31. The normalized spacial score (nSPS) is 23.6. The second kappa shape index (κ2) is 22.4. The summed E-state index contributed by atoms with van der Waals surface area (Å²) < 4.78 is 33.3. The summed E-state index contributed by atoms with van der Waals surface area (Å²) in [5.41, 5.74) is -4.53. The van der Waals surface area contributed by atoms with Crippen molar-refractivity contribution in [3.05, 3.63) is 25.3 Å². The maximum atomic E-state index is 13.7. The highest BCUT2D eigenvalue weighted by Gasteiger charge is 2.48. The molecule has 4 amide bonds. The van der Waals surface area contributed by atoms with Crippen LogP contribution in [0.1, 0.15) is 149 Å². The third-order valence-corrected chi connectivity index (χ3v) is 13.5. The van der Waals surface area contributed by atoms with Crippen LogP contribution in [0.2, 0.25) is 0 Å². The molecule has 0 spiro atoms. The molecule has 4 N–H and O–H groups in total. The fraction of sp³-hybridized carbons (Fsp3) is 0.796. The van der Waals surface area contributed by atoms with Crippen LogP contribution in [0.3, 0.4) is 0 Å². The van der Waals surface area contributed by atoms with Gasteiger partial charge in [-0.2, -0.15) is 0 Å². The number of rotatable bonds is 22. The molecular weight excluding hydrogens is 837 g/mol. The number of amides is 4. The highest BCUT2D eigenvalue weighted by molar-refractivity contribution is 5.84. The Balaban J connectivity index is 1.95. The molecular formula is C49H84N4O12. The standard InChI is InChI=1S/C49H84N4O12/c1-18-36(54)60-21-20-44(8,9)64-40(58)52-34-24-42(4,5)29-48(16,26-34)31-50-38(56)46(12,13)63-28-33(3)45(10,11)47(14,15)65-41(59)53-35-25-43(6,7)30-49(17,27-35)32-51-39(57)62-23-22-61-37(55)19-2/h18-19,33-35H,1-2,20-32H2,3-17H3,(H,50,56)(H,51,57)(H,52,58)(H,53,59). The number of hydrogen-bond donors (Lipinski definition) is 4. The van der Waals surface area contributed by atoms with Crippen molar-refractivity contribution in [1.29, 1.82) is 0 Å². The zero-order valence-corrected chi connectivity index (χ0v) is 42.4. The Hall–Kier alpha value is -4.34. The first-order valence-electron chi connectivity index (χ1n) is 23.0. The van der Waals surface area contributed by atoms with Gasteiger partial charge in [0.2, 0.25) is 0 Å². The molecule has 2 fully saturated rings. The molecule has 0 saturated heterocycles. The van der Waals surface area contributed by atoms with Crippen LogP contribution in [0.15, 0.2) is 25.3 Å². The largest absolute Gasteiger partial charge is 0.462 e. The van der Waals surface area contributed by atoms with Crippen molar-refractivity contribution in [3.63, 3.8) is 0 Å². The van der Waals surface area contributed by atoms with E-state index in [-0.39, 0.29) is 72.0 Å². The Morgan fingerprint density at radius 2 is 1.08 bits per heavy atom. The lowest BCUT2D eigenvalue weighted by atomic mass is 9.62. The third kappa shape index (κ3) is 18.8. The van der Waals surface area contributed by atoms with E-state index in [1.54, 1.807) is 27.7 Å². The molecule has 2 rings (SSSR count). The molecule has 0 heterocycles. The van der Waals surface area contributed by atoms with Gasteiger partial charge in [0.05, 0.1) is 13.2 Å². The minimum atomic E-state index is -1.17. The maximum Gasteiger partial charge on any atom is 0.407 e. The zero-order valence-electron chi connectivity index (χ0n) is 42.4. The van der Waals surface area contributed by atoms with Crippen LogP contribution in [0.25, 0.3) is 0 Å². The Labute approximate surface area is 389 Å². The molecule has 5 atom stereocenters. The van der Waals surface area contributed by atoms with E-state index in [4.69, 9.17) is 28.4 Å². The molecule has 2 saturated carbocycles. The van der Waals surface area contributed by atoms with Crippen LogP contribution in [-0.4, -0.2) is 105 Å². The molecule has 2 aliphatic carbocycles. The highest BCUT2D eigenvalue weighted by atomic mass is 16.6. The molecule has 0 radical (unpaired) electrons. The molecule has 16 heteroatoms. The predicted molar refractivity (Wildman–Crippen MR) is 249 cm³/mol. The minimum absolute atomic E-state index is 0.0742. The van der Waals surface area contributed by atoms with Gasteiger partial charge in [0.25, 0.3) is 5.91 Å². The molecule has 0 aliphatic heterocycles. The lowest BCUT2D eigenvalue weighted by molar-refractivity contribution is -0.150. The number of hydrogen-bond acceptors (Lipinski definition) is 12. The van der Waals surface area contributed by atoms with Gasteiger partial charge >= 0.3 is 30.2 Å². The summed E-state index contributed by atoms with van der Waals surface area (Å²) in [6, 6.07) is -0.398. The van der Waals surface area contributed by atoms with E-state index < -0.39 is 52.4 Å². The van der Waals surface area contributed by atoms with E-state index in [9.17, 15) is 28.8 Å². The Bertz CT molecular complexity index is 1700. The summed E-state index contributed by atoms with van der Waals surface area (Å²) in [7, 11) is 0. The molecule has 0 aromatic heterocycles. The van der Waals surface area contributed by atoms with Crippen LogP contribution >= 0.6 is 0 Å². The molecule has 0 aromatic rings. The lowest BCUT2D eigenvalue weighted by Gasteiger charge is -2.48. The first-order valence-corrected chi connectivity index (χ1v) is 23.0. The zero-order chi connectivity index (χ0) is 49.9. The maximum absolute atomic E-state index is 13.7. The lowest BCUT2D eigenvalue weighted by Crippen LogP contribution is -2.54. The van der Waals surface area contributed by atoms with Crippen LogP contribution < -0.4 is 21.3 Å². The van der Waals surface area contributed by atoms with Crippen molar-refractivity contribution in [2.75, 3.05) is 39.5 Å². The topological polar surface area (TPSA) is 206 Å². The van der Waals surface area contributed by atoms with E-state index in [0.717, 1.165) is 37.8 Å². The molecule has 0 aromatic carbocycles. The summed E-state index contributed by atoms with van der Waals surface area (Å²) in [5, 5.41) is 12.1. The summed E-state index contributed by atoms with van der Waals surface area (Å²) in [4.78, 5) is 75.4. The van der Waals surface area contributed by atoms with Gasteiger partial charge in [-0.1, -0.05) is 75.5 Å². The fourth-order valence-electron chi connectivity index (χ4n) is 9.63. The quantitative estimate of drug-likeness (QED) is 0.0350. The van der Waals surface area contributed by atoms with Gasteiger partial charge in [0.15, 0.2) is 0 Å². The number of carbonyl (C=O) groups is 6. The van der Waals surface area contributed by atoms with Crippen molar-refractivity contribution in [2.45, 2.75) is 178 Å². The van der Waals surface area contributed by atoms with Gasteiger partial charge < -0.3 is 49.7 Å². The van der Waals surface area contributed by atoms with Crippen LogP contribution in [0, 0.1) is 33.0 Å². The van der Waals surface area contributed by atoms with Crippen LogP contribution in [0.4, 0.5) is 14.4 Å². The van der Waals surface area contributed by atoms with Crippen molar-refractivity contribution >= 4 is 36.1 Å². The molecule has 65 heavy (non-hydrogen) atoms. The monoisotopic (exact) mass is 921 g/mol. The van der Waals surface area contributed by atoms with Crippen molar-refractivity contribution in [2.24, 2.45) is 33.0 Å². The SMILES string of the molecule is C=CC(=O)OCCOC(=O)NCC1(C)CC(NC(=O)OC(C)(C)C(C)(C)C(C)COC(C)(C)C(=O)NCC2(C)CC(NC(=O)OC(C)(C)CCOC(=O)C=C)CC(C)(C)C2)CC(C)(C)C1. The third-order valence-electron chi connectivity index (χ3n) is 13.5. The molecule has 5 unspecified atom stereocenters. The van der Waals surface area contributed by atoms with Gasteiger partial charge in [0, 0.05) is 49.2 Å². The van der Waals surface area contributed by atoms with Crippen molar-refractivity contribution in [1.82, 2.24) is 21.3 Å². The van der Waals surface area contributed by atoms with Gasteiger partial charge in [-0.05, 0) is 108 Å². The van der Waals surface area contributed by atoms with E-state index in [0.29, 0.717) is 32.4 Å². The fourth-order valence-corrected chi connectivity index (χ4v) is 9.63. The molecule has 0 bridgehead atoms. The van der Waals surface area contributed by atoms with Crippen molar-refractivity contribution in [3.8, 4) is 0 Å². The van der Waals surface area contributed by atoms with Gasteiger partial charge in [-0.25, -0.2) is 24.0 Å². The number of ether oxygens (including phenoxy) is 6. The first kappa shape index (κ1) is 56.8. The van der Waals surface area contributed by atoms with Crippen LogP contribution in [0.5, 0.6) is 0 Å². The Morgan fingerprint density at radius 3 is 1.57 bits per heavy atom. The van der Waals surface area contributed by atoms with E-state index in [2.05, 4.69) is 76.0 Å². The molecule has 2 aliphatic rings. The van der Waals surface area contributed by atoms with Crippen molar-refractivity contribution < 1.29 is 57.2 Å². The smallest absolute Gasteiger partial charge is 0.407 e. The summed E-state index contributed by atoms with van der Waals surface area (Å²) in [5.74, 6) is -1.53. The van der Waals surface area contributed by atoms with Gasteiger partial charge in [-0.15, -0.1) is 0 Å². The molecule has 372 valence electrons. The highest BCUT2D eigenvalue weighted by Crippen LogP contribution is 2.47. The Morgan fingerprint density at radius 1 is 0.631 bits per heavy atom. The average Bonchev–Trinajstić information content (AvgIpc) is 3.14. The van der Waals surface area contributed by atoms with E-state index in [1.165, 1.54) is 0 Å². The second-order valence-electron chi connectivity index (χ2n) is 23.0. The number of carbonyl (C=O) groups excluding carboxylic acids is 6. The van der Waals surface area contributed by atoms with Gasteiger partial charge in [-0.3, -0.25) is 4.79 Å². The Kier molecular flexibility index (Phi) is 19.6. The summed E-state index contributed by atoms with van der Waals surface area (Å²) >= 11 is 0. The van der Waals surface area contributed by atoms with E-state index in [1.807, 2.05) is 34.6 Å². The number of alkyl carbamates (subject to hydrolysis) is 3. The average molecular weight is 921 g/mol. The summed E-state index contributed by atoms with van der Waals surface area (Å²) in [6.07, 6.45) is 5.07. The second-order valence-corrected chi connectivity index (χ2v) is 23.0. The minimum Gasteiger partial charge on any atom is -0.462 e. The number of nitrogens with one attached hydrogen (secondary N) is 4. The van der Waals surface area contributed by atoms with Gasteiger partial charge in [0.1, 0.15) is 30.0 Å². The first-order chi connectivity index (χ1) is 29.6. The van der Waals surface area contributed by atoms with E-state index >= 15 is 0 Å².